The largest absolute Gasteiger partial charge is 0.340 e. The van der Waals surface area contributed by atoms with Crippen LogP contribution in [0, 0.1) is 5.41 Å². The van der Waals surface area contributed by atoms with E-state index < -0.39 is 0 Å². The number of hydrogen-bond acceptors (Lipinski definition) is 3. The Balaban J connectivity index is 2.10. The molecule has 1 aliphatic heterocycles. The summed E-state index contributed by atoms with van der Waals surface area (Å²) in [4.78, 5) is 15.1. The summed E-state index contributed by atoms with van der Waals surface area (Å²) in [5.41, 5.74) is 5.78. The molecule has 19 heavy (non-hydrogen) atoms. The quantitative estimate of drug-likeness (QED) is 0.793. The number of carbonyl (C=O) groups is 1. The summed E-state index contributed by atoms with van der Waals surface area (Å²) in [5, 5.41) is 1.10. The highest BCUT2D eigenvalue weighted by atomic mass is 32.2. The second-order valence-corrected chi connectivity index (χ2v) is 8.25. The molecule has 1 amide bonds. The number of hydrogen-bond donors (Lipinski definition) is 1. The van der Waals surface area contributed by atoms with E-state index in [1.807, 2.05) is 11.8 Å². The van der Waals surface area contributed by atoms with Crippen LogP contribution < -0.4 is 5.73 Å². The fraction of sp³-hybridized carbons (Fsp3) is 0.933. The second-order valence-electron chi connectivity index (χ2n) is 6.37. The van der Waals surface area contributed by atoms with Gasteiger partial charge in [-0.25, -0.2) is 0 Å². The predicted octanol–water partition coefficient (Wildman–Crippen LogP) is 2.64. The van der Waals surface area contributed by atoms with E-state index in [9.17, 15) is 4.79 Å². The molecule has 1 heterocycles. The molecular formula is C15H28N2OS. The van der Waals surface area contributed by atoms with E-state index in [1.54, 1.807) is 0 Å². The molecule has 2 rings (SSSR count). The first-order valence-corrected chi connectivity index (χ1v) is 8.66. The van der Waals surface area contributed by atoms with Gasteiger partial charge < -0.3 is 10.6 Å². The van der Waals surface area contributed by atoms with Crippen molar-refractivity contribution in [2.45, 2.75) is 62.9 Å². The predicted molar refractivity (Wildman–Crippen MR) is 82.3 cm³/mol. The van der Waals surface area contributed by atoms with Crippen LogP contribution in [0.1, 0.15) is 52.4 Å². The third-order valence-electron chi connectivity index (χ3n) is 4.61. The molecule has 1 saturated carbocycles. The minimum absolute atomic E-state index is 0.252. The van der Waals surface area contributed by atoms with Crippen LogP contribution in [0.2, 0.25) is 0 Å². The lowest BCUT2D eigenvalue weighted by Crippen LogP contribution is -2.53. The molecule has 4 heteroatoms. The van der Waals surface area contributed by atoms with Crippen LogP contribution in [0.25, 0.3) is 0 Å². The van der Waals surface area contributed by atoms with E-state index in [-0.39, 0.29) is 5.41 Å². The molecule has 0 radical (unpaired) electrons. The number of nitrogens with zero attached hydrogens (tertiary/aromatic N) is 1. The molecule has 3 nitrogen and oxygen atoms in total. The Labute approximate surface area is 121 Å². The molecule has 2 aliphatic rings. The first kappa shape index (κ1) is 15.2. The number of thioether (sulfide) groups is 1. The van der Waals surface area contributed by atoms with E-state index in [1.165, 1.54) is 12.8 Å². The van der Waals surface area contributed by atoms with Crippen molar-refractivity contribution in [2.24, 2.45) is 11.1 Å². The average Bonchev–Trinajstić information content (AvgIpc) is 2.63. The summed E-state index contributed by atoms with van der Waals surface area (Å²) in [6.07, 6.45) is 6.84. The van der Waals surface area contributed by atoms with Crippen molar-refractivity contribution in [2.75, 3.05) is 19.6 Å². The van der Waals surface area contributed by atoms with Crippen LogP contribution in [-0.4, -0.2) is 40.9 Å². The lowest BCUT2D eigenvalue weighted by atomic mass is 9.79. The van der Waals surface area contributed by atoms with Crippen molar-refractivity contribution in [3.63, 3.8) is 0 Å². The van der Waals surface area contributed by atoms with E-state index in [0.717, 1.165) is 38.8 Å². The minimum atomic E-state index is -0.252. The summed E-state index contributed by atoms with van der Waals surface area (Å²) in [6, 6.07) is 0. The van der Waals surface area contributed by atoms with Gasteiger partial charge in [0.2, 0.25) is 5.91 Å². The third-order valence-corrected chi connectivity index (χ3v) is 5.84. The van der Waals surface area contributed by atoms with Crippen molar-refractivity contribution in [3.8, 4) is 0 Å². The molecule has 2 fully saturated rings. The molecular weight excluding hydrogens is 256 g/mol. The molecule has 1 saturated heterocycles. The van der Waals surface area contributed by atoms with Crippen molar-refractivity contribution < 1.29 is 4.79 Å². The van der Waals surface area contributed by atoms with Gasteiger partial charge in [0, 0.05) is 30.1 Å². The van der Waals surface area contributed by atoms with Crippen LogP contribution >= 0.6 is 11.8 Å². The van der Waals surface area contributed by atoms with Gasteiger partial charge in [-0.15, -0.1) is 0 Å². The van der Waals surface area contributed by atoms with Crippen molar-refractivity contribution in [1.82, 2.24) is 4.90 Å². The highest BCUT2D eigenvalue weighted by Crippen LogP contribution is 2.37. The highest BCUT2D eigenvalue weighted by molar-refractivity contribution is 8.00. The second kappa shape index (κ2) is 6.49. The van der Waals surface area contributed by atoms with Gasteiger partial charge in [0.05, 0.1) is 5.41 Å². The maximum Gasteiger partial charge on any atom is 0.230 e. The molecule has 0 bridgehead atoms. The summed E-state index contributed by atoms with van der Waals surface area (Å²) in [6.45, 7) is 6.77. The zero-order chi connectivity index (χ0) is 13.9. The molecule has 1 aliphatic carbocycles. The number of nitrogens with two attached hydrogens (primary N) is 1. The summed E-state index contributed by atoms with van der Waals surface area (Å²) in [7, 11) is 0. The number of amides is 1. The first-order valence-electron chi connectivity index (χ1n) is 7.72. The SMILES string of the molecule is CC1CN(C(=O)C2(CN)CCCCCC2)CC(C)S1. The normalized spacial score (nSPS) is 31.8. The number of carbonyl (C=O) groups excluding carboxylic acids is 1. The van der Waals surface area contributed by atoms with Crippen LogP contribution in [0.4, 0.5) is 0 Å². The highest BCUT2D eigenvalue weighted by Gasteiger charge is 2.41. The van der Waals surface area contributed by atoms with E-state index in [0.29, 0.717) is 23.0 Å². The smallest absolute Gasteiger partial charge is 0.230 e. The van der Waals surface area contributed by atoms with Crippen LogP contribution in [0.3, 0.4) is 0 Å². The monoisotopic (exact) mass is 284 g/mol. The molecule has 0 aromatic rings. The molecule has 2 N–H and O–H groups in total. The summed E-state index contributed by atoms with van der Waals surface area (Å²) < 4.78 is 0. The average molecular weight is 284 g/mol. The molecule has 2 unspecified atom stereocenters. The van der Waals surface area contributed by atoms with E-state index >= 15 is 0 Å². The van der Waals surface area contributed by atoms with Crippen LogP contribution in [-0.2, 0) is 4.79 Å². The molecule has 0 aromatic heterocycles. The van der Waals surface area contributed by atoms with Crippen LogP contribution in [0.5, 0.6) is 0 Å². The Bertz CT molecular complexity index is 303. The van der Waals surface area contributed by atoms with Crippen molar-refractivity contribution in [3.05, 3.63) is 0 Å². The van der Waals surface area contributed by atoms with Gasteiger partial charge in [0.1, 0.15) is 0 Å². The van der Waals surface area contributed by atoms with E-state index in [2.05, 4.69) is 18.7 Å². The van der Waals surface area contributed by atoms with Gasteiger partial charge in [-0.05, 0) is 12.8 Å². The zero-order valence-electron chi connectivity index (χ0n) is 12.4. The third kappa shape index (κ3) is 3.46. The lowest BCUT2D eigenvalue weighted by molar-refractivity contribution is -0.142. The minimum Gasteiger partial charge on any atom is -0.340 e. The fourth-order valence-corrected chi connectivity index (χ4v) is 4.91. The fourth-order valence-electron chi connectivity index (χ4n) is 3.59. The molecule has 0 spiro atoms. The molecule has 2 atom stereocenters. The Kier molecular flexibility index (Phi) is 5.18. The molecule has 110 valence electrons. The Morgan fingerprint density at radius 3 is 2.16 bits per heavy atom. The maximum absolute atomic E-state index is 13.0. The Morgan fingerprint density at radius 1 is 1.16 bits per heavy atom. The van der Waals surface area contributed by atoms with Crippen LogP contribution in [0.15, 0.2) is 0 Å². The van der Waals surface area contributed by atoms with Gasteiger partial charge in [0.25, 0.3) is 0 Å². The van der Waals surface area contributed by atoms with Gasteiger partial charge in [-0.2, -0.15) is 11.8 Å². The molecule has 0 aromatic carbocycles. The zero-order valence-corrected chi connectivity index (χ0v) is 13.2. The van der Waals surface area contributed by atoms with Gasteiger partial charge in [0.15, 0.2) is 0 Å². The Hall–Kier alpha value is -0.220. The van der Waals surface area contributed by atoms with E-state index in [4.69, 9.17) is 5.73 Å². The van der Waals surface area contributed by atoms with Crippen molar-refractivity contribution in [1.29, 1.82) is 0 Å². The number of rotatable bonds is 2. The Morgan fingerprint density at radius 2 is 1.68 bits per heavy atom. The van der Waals surface area contributed by atoms with Gasteiger partial charge in [-0.1, -0.05) is 39.5 Å². The standard InChI is InChI=1S/C15H28N2OS/c1-12-9-17(10-13(2)19-12)14(18)15(11-16)7-5-3-4-6-8-15/h12-13H,3-11,16H2,1-2H3. The van der Waals surface area contributed by atoms with Gasteiger partial charge >= 0.3 is 0 Å². The lowest BCUT2D eigenvalue weighted by Gasteiger charge is -2.41. The van der Waals surface area contributed by atoms with Crippen molar-refractivity contribution >= 4 is 17.7 Å². The summed E-state index contributed by atoms with van der Waals surface area (Å²) >= 11 is 1.99. The summed E-state index contributed by atoms with van der Waals surface area (Å²) in [5.74, 6) is 0.343. The maximum atomic E-state index is 13.0. The first-order chi connectivity index (χ1) is 9.07. The van der Waals surface area contributed by atoms with Gasteiger partial charge in [-0.3, -0.25) is 4.79 Å². The topological polar surface area (TPSA) is 46.3 Å².